The molecule has 0 aliphatic carbocycles. The topological polar surface area (TPSA) is 93.7 Å². The van der Waals surface area contributed by atoms with Crippen molar-refractivity contribution in [3.63, 3.8) is 0 Å². The highest BCUT2D eigenvalue weighted by atomic mass is 16.6. The lowest BCUT2D eigenvalue weighted by molar-refractivity contribution is -0.141. The summed E-state index contributed by atoms with van der Waals surface area (Å²) >= 11 is 0. The van der Waals surface area contributed by atoms with Gasteiger partial charge < -0.3 is 20.1 Å². The molecular weight excluding hydrogens is 240 g/mol. The molecular formula is C11H20N2O5. The van der Waals surface area contributed by atoms with Gasteiger partial charge in [-0.1, -0.05) is 0 Å². The number of alkyl carbamates (subject to hydrolysis) is 1. The van der Waals surface area contributed by atoms with E-state index in [9.17, 15) is 14.4 Å². The van der Waals surface area contributed by atoms with Crippen molar-refractivity contribution in [1.82, 2.24) is 10.6 Å². The van der Waals surface area contributed by atoms with Crippen molar-refractivity contribution < 1.29 is 23.9 Å². The molecule has 0 spiro atoms. The van der Waals surface area contributed by atoms with E-state index >= 15 is 0 Å². The molecule has 0 aromatic rings. The van der Waals surface area contributed by atoms with E-state index < -0.39 is 29.6 Å². The van der Waals surface area contributed by atoms with Crippen LogP contribution in [0, 0.1) is 0 Å². The van der Waals surface area contributed by atoms with Crippen LogP contribution in [0.5, 0.6) is 0 Å². The summed E-state index contributed by atoms with van der Waals surface area (Å²) in [6.45, 7) is 6.39. The minimum absolute atomic E-state index is 0.240. The fourth-order valence-electron chi connectivity index (χ4n) is 0.934. The second-order valence-corrected chi connectivity index (χ2v) is 4.66. The largest absolute Gasteiger partial charge is 0.468 e. The lowest BCUT2D eigenvalue weighted by Crippen LogP contribution is -2.47. The Labute approximate surface area is 106 Å². The third kappa shape index (κ3) is 7.48. The molecule has 1 atom stereocenters. The summed E-state index contributed by atoms with van der Waals surface area (Å²) in [7, 11) is 1.22. The Morgan fingerprint density at radius 2 is 1.78 bits per heavy atom. The van der Waals surface area contributed by atoms with Crippen LogP contribution < -0.4 is 10.6 Å². The van der Waals surface area contributed by atoms with Gasteiger partial charge in [-0.3, -0.25) is 9.59 Å². The number of ether oxygens (including phenoxy) is 2. The van der Waals surface area contributed by atoms with E-state index in [-0.39, 0.29) is 6.54 Å². The molecule has 0 aromatic heterocycles. The molecule has 0 unspecified atom stereocenters. The second-order valence-electron chi connectivity index (χ2n) is 4.66. The Kier molecular flexibility index (Phi) is 6.15. The molecule has 2 amide bonds. The van der Waals surface area contributed by atoms with Crippen molar-refractivity contribution in [2.75, 3.05) is 13.7 Å². The van der Waals surface area contributed by atoms with Gasteiger partial charge in [0.2, 0.25) is 5.91 Å². The lowest BCUT2D eigenvalue weighted by atomic mass is 10.2. The summed E-state index contributed by atoms with van der Waals surface area (Å²) in [5.41, 5.74) is -0.633. The fraction of sp³-hybridized carbons (Fsp3) is 0.727. The van der Waals surface area contributed by atoms with Gasteiger partial charge in [0.25, 0.3) is 0 Å². The average molecular weight is 260 g/mol. The van der Waals surface area contributed by atoms with Gasteiger partial charge in [-0.15, -0.1) is 0 Å². The SMILES string of the molecule is COC(=O)CNC(=O)[C@H](C)NC(=O)OC(C)(C)C. The van der Waals surface area contributed by atoms with Crippen LogP contribution >= 0.6 is 0 Å². The van der Waals surface area contributed by atoms with Gasteiger partial charge in [-0.2, -0.15) is 0 Å². The van der Waals surface area contributed by atoms with Crippen molar-refractivity contribution in [3.8, 4) is 0 Å². The predicted molar refractivity (Wildman–Crippen MR) is 63.9 cm³/mol. The van der Waals surface area contributed by atoms with Crippen molar-refractivity contribution in [2.24, 2.45) is 0 Å². The molecule has 0 rings (SSSR count). The van der Waals surface area contributed by atoms with Crippen LogP contribution in [0.2, 0.25) is 0 Å². The van der Waals surface area contributed by atoms with Crippen LogP contribution in [0.3, 0.4) is 0 Å². The number of nitrogens with one attached hydrogen (secondary N) is 2. The molecule has 7 heteroatoms. The van der Waals surface area contributed by atoms with Gasteiger partial charge in [-0.05, 0) is 27.7 Å². The Bertz CT molecular complexity index is 322. The van der Waals surface area contributed by atoms with Crippen LogP contribution in [0.25, 0.3) is 0 Å². The highest BCUT2D eigenvalue weighted by Crippen LogP contribution is 2.06. The van der Waals surface area contributed by atoms with Crippen LogP contribution in [0.4, 0.5) is 4.79 Å². The van der Waals surface area contributed by atoms with E-state index in [1.54, 1.807) is 20.8 Å². The number of hydrogen-bond donors (Lipinski definition) is 2. The molecule has 18 heavy (non-hydrogen) atoms. The smallest absolute Gasteiger partial charge is 0.408 e. The van der Waals surface area contributed by atoms with E-state index in [0.29, 0.717) is 0 Å². The number of esters is 1. The first kappa shape index (κ1) is 16.2. The summed E-state index contributed by atoms with van der Waals surface area (Å²) in [5.74, 6) is -1.06. The Balaban J connectivity index is 4.08. The van der Waals surface area contributed by atoms with Gasteiger partial charge in [0.1, 0.15) is 18.2 Å². The summed E-state index contributed by atoms with van der Waals surface area (Å²) in [6, 6.07) is -0.801. The number of amides is 2. The highest BCUT2D eigenvalue weighted by Gasteiger charge is 2.21. The number of carbonyl (C=O) groups is 3. The molecule has 0 fully saturated rings. The van der Waals surface area contributed by atoms with Crippen LogP contribution in [0.1, 0.15) is 27.7 Å². The molecule has 0 saturated heterocycles. The number of methoxy groups -OCH3 is 1. The van der Waals surface area contributed by atoms with Crippen LogP contribution in [0.15, 0.2) is 0 Å². The Morgan fingerprint density at radius 1 is 1.22 bits per heavy atom. The molecule has 0 aliphatic heterocycles. The fourth-order valence-corrected chi connectivity index (χ4v) is 0.934. The normalized spacial score (nSPS) is 12.3. The zero-order valence-corrected chi connectivity index (χ0v) is 11.3. The number of hydrogen-bond acceptors (Lipinski definition) is 5. The number of rotatable bonds is 4. The quantitative estimate of drug-likeness (QED) is 0.704. The summed E-state index contributed by atoms with van der Waals surface area (Å²) < 4.78 is 9.35. The third-order valence-electron chi connectivity index (χ3n) is 1.76. The maximum atomic E-state index is 11.5. The molecule has 7 nitrogen and oxygen atoms in total. The first-order chi connectivity index (χ1) is 8.15. The zero-order valence-electron chi connectivity index (χ0n) is 11.3. The zero-order chi connectivity index (χ0) is 14.3. The highest BCUT2D eigenvalue weighted by molar-refractivity contribution is 5.87. The molecule has 2 N–H and O–H groups in total. The van der Waals surface area contributed by atoms with Crippen molar-refractivity contribution in [3.05, 3.63) is 0 Å². The summed E-state index contributed by atoms with van der Waals surface area (Å²) in [6.07, 6.45) is -0.691. The molecule has 0 radical (unpaired) electrons. The van der Waals surface area contributed by atoms with Gasteiger partial charge >= 0.3 is 12.1 Å². The Hall–Kier alpha value is -1.79. The molecule has 0 aliphatic rings. The third-order valence-corrected chi connectivity index (χ3v) is 1.76. The second kappa shape index (κ2) is 6.83. The van der Waals surface area contributed by atoms with E-state index in [4.69, 9.17) is 4.74 Å². The standard InChI is InChI=1S/C11H20N2O5/c1-7(9(15)12-6-8(14)17-5)13-10(16)18-11(2,3)4/h7H,6H2,1-5H3,(H,12,15)(H,13,16)/t7-/m0/s1. The lowest BCUT2D eigenvalue weighted by Gasteiger charge is -2.21. The molecule has 104 valence electrons. The first-order valence-electron chi connectivity index (χ1n) is 5.49. The minimum Gasteiger partial charge on any atom is -0.468 e. The maximum absolute atomic E-state index is 11.5. The summed E-state index contributed by atoms with van der Waals surface area (Å²) in [5, 5.41) is 4.67. The van der Waals surface area contributed by atoms with E-state index in [0.717, 1.165) is 0 Å². The summed E-state index contributed by atoms with van der Waals surface area (Å²) in [4.78, 5) is 33.6. The predicted octanol–water partition coefficient (Wildman–Crippen LogP) is 0.189. The molecule has 0 heterocycles. The van der Waals surface area contributed by atoms with Crippen LogP contribution in [-0.4, -0.2) is 43.3 Å². The monoisotopic (exact) mass is 260 g/mol. The van der Waals surface area contributed by atoms with E-state index in [1.165, 1.54) is 14.0 Å². The van der Waals surface area contributed by atoms with Crippen LogP contribution in [-0.2, 0) is 19.1 Å². The van der Waals surface area contributed by atoms with Gasteiger partial charge in [-0.25, -0.2) is 4.79 Å². The van der Waals surface area contributed by atoms with Crippen molar-refractivity contribution >= 4 is 18.0 Å². The van der Waals surface area contributed by atoms with Crippen molar-refractivity contribution in [2.45, 2.75) is 39.3 Å². The van der Waals surface area contributed by atoms with E-state index in [1.807, 2.05) is 0 Å². The van der Waals surface area contributed by atoms with Gasteiger partial charge in [0.05, 0.1) is 7.11 Å². The molecule has 0 bridgehead atoms. The van der Waals surface area contributed by atoms with Gasteiger partial charge in [0, 0.05) is 0 Å². The first-order valence-corrected chi connectivity index (χ1v) is 5.49. The van der Waals surface area contributed by atoms with Crippen molar-refractivity contribution in [1.29, 1.82) is 0 Å². The molecule has 0 saturated carbocycles. The number of carbonyl (C=O) groups excluding carboxylic acids is 3. The van der Waals surface area contributed by atoms with Gasteiger partial charge in [0.15, 0.2) is 0 Å². The van der Waals surface area contributed by atoms with E-state index in [2.05, 4.69) is 15.4 Å². The maximum Gasteiger partial charge on any atom is 0.408 e. The average Bonchev–Trinajstić information content (AvgIpc) is 2.22. The Morgan fingerprint density at radius 3 is 2.22 bits per heavy atom. The minimum atomic E-state index is -0.801. The molecule has 0 aromatic carbocycles.